The largest absolute Gasteiger partial charge is 0.506 e. The molecule has 0 bridgehead atoms. The molecule has 17 heavy (non-hydrogen) atoms. The zero-order valence-electron chi connectivity index (χ0n) is 9.04. The van der Waals surface area contributed by atoms with Crippen LogP contribution in [0.25, 0.3) is 0 Å². The van der Waals surface area contributed by atoms with Crippen LogP contribution >= 0.6 is 11.6 Å². The number of phenolic OH excluding ortho intramolecular Hbond substituents is 1. The highest BCUT2D eigenvalue weighted by Crippen LogP contribution is 2.45. The predicted molar refractivity (Wildman–Crippen MR) is 61.3 cm³/mol. The molecule has 1 N–H and O–H groups in total. The molecule has 0 atom stereocenters. The van der Waals surface area contributed by atoms with Gasteiger partial charge in [0, 0.05) is 5.56 Å². The molecule has 0 amide bonds. The van der Waals surface area contributed by atoms with Crippen molar-refractivity contribution in [1.29, 1.82) is 0 Å². The lowest BCUT2D eigenvalue weighted by Crippen LogP contribution is -2.20. The van der Waals surface area contributed by atoms with Crippen LogP contribution in [0, 0.1) is 5.82 Å². The minimum absolute atomic E-state index is 0.265. The van der Waals surface area contributed by atoms with Crippen molar-refractivity contribution < 1.29 is 14.3 Å². The fraction of sp³-hybridized carbons (Fsp3) is 0.417. The van der Waals surface area contributed by atoms with Gasteiger partial charge in [-0.3, -0.25) is 0 Å². The average Bonchev–Trinajstić information content (AvgIpc) is 2.76. The molecule has 0 heterocycles. The van der Waals surface area contributed by atoms with E-state index in [9.17, 15) is 14.3 Å². The summed E-state index contributed by atoms with van der Waals surface area (Å²) in [7, 11) is 0. The molecule has 1 fully saturated rings. The van der Waals surface area contributed by atoms with Crippen molar-refractivity contribution in [3.63, 3.8) is 0 Å². The van der Waals surface area contributed by atoms with E-state index >= 15 is 0 Å². The van der Waals surface area contributed by atoms with Gasteiger partial charge in [0.1, 0.15) is 16.3 Å². The number of halogens is 2. The number of aromatic hydroxyl groups is 1. The molecule has 5 heteroatoms. The number of hydrogen-bond donors (Lipinski definition) is 1. The summed E-state index contributed by atoms with van der Waals surface area (Å²) in [6, 6.07) is 2.75. The number of benzene rings is 1. The van der Waals surface area contributed by atoms with Crippen LogP contribution in [0.2, 0.25) is 5.02 Å². The van der Waals surface area contributed by atoms with E-state index in [1.165, 1.54) is 18.2 Å². The van der Waals surface area contributed by atoms with E-state index in [0.717, 1.165) is 12.8 Å². The smallest absolute Gasteiger partial charge is 0.235 e. The lowest BCUT2D eigenvalue weighted by molar-refractivity contribution is 0.423. The molecule has 2 rings (SSSR count). The average molecular weight is 256 g/mol. The number of rotatable bonds is 2. The molecule has 3 nitrogen and oxygen atoms in total. The zero-order valence-corrected chi connectivity index (χ0v) is 9.80. The third kappa shape index (κ3) is 1.94. The first-order chi connectivity index (χ1) is 8.10. The lowest BCUT2D eigenvalue weighted by Gasteiger charge is -2.23. The van der Waals surface area contributed by atoms with Gasteiger partial charge < -0.3 is 5.11 Å². The maximum absolute atomic E-state index is 14.0. The Bertz CT molecular complexity index is 492. The highest BCUT2D eigenvalue weighted by atomic mass is 35.5. The summed E-state index contributed by atoms with van der Waals surface area (Å²) in [6.07, 6.45) is 4.46. The van der Waals surface area contributed by atoms with Gasteiger partial charge in [0.15, 0.2) is 5.82 Å². The molecule has 0 aromatic heterocycles. The number of carbonyl (C=O) groups excluding carboxylic acids is 1. The van der Waals surface area contributed by atoms with Gasteiger partial charge in [-0.2, -0.15) is 4.99 Å². The molecular weight excluding hydrogens is 245 g/mol. The van der Waals surface area contributed by atoms with E-state index < -0.39 is 11.4 Å². The topological polar surface area (TPSA) is 49.7 Å². The van der Waals surface area contributed by atoms with Gasteiger partial charge in [0.05, 0.1) is 0 Å². The fourth-order valence-corrected chi connectivity index (χ4v) is 2.55. The third-order valence-electron chi connectivity index (χ3n) is 3.25. The van der Waals surface area contributed by atoms with Crippen molar-refractivity contribution in [1.82, 2.24) is 0 Å². The summed E-state index contributed by atoms with van der Waals surface area (Å²) in [4.78, 5) is 14.3. The molecule has 0 radical (unpaired) electrons. The summed E-state index contributed by atoms with van der Waals surface area (Å²) in [5, 5.41) is 8.98. The second-order valence-electron chi connectivity index (χ2n) is 4.20. The van der Waals surface area contributed by atoms with Gasteiger partial charge in [0.2, 0.25) is 6.08 Å². The van der Waals surface area contributed by atoms with Crippen molar-refractivity contribution in [2.75, 3.05) is 0 Å². The Morgan fingerprint density at radius 3 is 2.65 bits per heavy atom. The summed E-state index contributed by atoms with van der Waals surface area (Å²) >= 11 is 5.66. The molecule has 0 spiro atoms. The summed E-state index contributed by atoms with van der Waals surface area (Å²) < 4.78 is 14.0. The van der Waals surface area contributed by atoms with Crippen molar-refractivity contribution in [2.45, 2.75) is 31.2 Å². The molecule has 0 aliphatic heterocycles. The van der Waals surface area contributed by atoms with E-state index in [0.29, 0.717) is 12.8 Å². The molecular formula is C12H11ClFNO2. The second-order valence-corrected chi connectivity index (χ2v) is 4.58. The fourth-order valence-electron chi connectivity index (χ4n) is 2.39. The van der Waals surface area contributed by atoms with E-state index in [4.69, 9.17) is 11.6 Å². The highest BCUT2D eigenvalue weighted by Gasteiger charge is 2.38. The van der Waals surface area contributed by atoms with E-state index in [1.807, 2.05) is 0 Å². The molecule has 0 unspecified atom stereocenters. The van der Waals surface area contributed by atoms with Gasteiger partial charge in [-0.15, -0.1) is 0 Å². The molecule has 0 saturated heterocycles. The van der Waals surface area contributed by atoms with Gasteiger partial charge in [0.25, 0.3) is 0 Å². The number of phenols is 1. The minimum atomic E-state index is -0.858. The molecule has 1 saturated carbocycles. The standard InChI is InChI=1S/C12H11ClFNO2/c13-10-9(17)4-3-8(11(10)14)12(15-7-16)5-1-2-6-12/h3-4,17H,1-2,5-6H2. The molecule has 90 valence electrons. The Morgan fingerprint density at radius 1 is 1.41 bits per heavy atom. The number of nitrogens with zero attached hydrogens (tertiary/aromatic N) is 1. The Balaban J connectivity index is 2.58. The predicted octanol–water partition coefficient (Wildman–Crippen LogP) is 3.29. The maximum Gasteiger partial charge on any atom is 0.235 e. The monoisotopic (exact) mass is 255 g/mol. The van der Waals surface area contributed by atoms with Crippen molar-refractivity contribution >= 4 is 17.7 Å². The van der Waals surface area contributed by atoms with Crippen LogP contribution in [-0.4, -0.2) is 11.2 Å². The van der Waals surface area contributed by atoms with Gasteiger partial charge in [-0.05, 0) is 25.0 Å². The van der Waals surface area contributed by atoms with Crippen molar-refractivity contribution in [2.24, 2.45) is 4.99 Å². The number of aliphatic imine (C=N–C) groups is 1. The molecule has 1 aliphatic rings. The first-order valence-corrected chi connectivity index (χ1v) is 5.75. The minimum Gasteiger partial charge on any atom is -0.506 e. The summed E-state index contributed by atoms with van der Waals surface area (Å²) in [6.45, 7) is 0. The van der Waals surface area contributed by atoms with Crippen molar-refractivity contribution in [3.8, 4) is 5.75 Å². The summed E-state index contributed by atoms with van der Waals surface area (Å²) in [5.74, 6) is -1.01. The maximum atomic E-state index is 14.0. The van der Waals surface area contributed by atoms with Gasteiger partial charge in [-0.1, -0.05) is 24.4 Å². The van der Waals surface area contributed by atoms with Crippen LogP contribution in [0.5, 0.6) is 5.75 Å². The van der Waals surface area contributed by atoms with E-state index in [1.54, 1.807) is 0 Å². The van der Waals surface area contributed by atoms with Crippen LogP contribution in [-0.2, 0) is 10.3 Å². The van der Waals surface area contributed by atoms with E-state index in [-0.39, 0.29) is 16.3 Å². The first kappa shape index (κ1) is 12.1. The van der Waals surface area contributed by atoms with Crippen molar-refractivity contribution in [3.05, 3.63) is 28.5 Å². The second kappa shape index (κ2) is 4.47. The Hall–Kier alpha value is -1.38. The van der Waals surface area contributed by atoms with Crippen LogP contribution in [0.15, 0.2) is 17.1 Å². The van der Waals surface area contributed by atoms with Gasteiger partial charge >= 0.3 is 0 Å². The van der Waals surface area contributed by atoms with Crippen LogP contribution < -0.4 is 0 Å². The Labute approximate surface area is 103 Å². The number of hydrogen-bond acceptors (Lipinski definition) is 3. The summed E-state index contributed by atoms with van der Waals surface area (Å²) in [5.41, 5.74) is -0.593. The molecule has 1 aromatic rings. The van der Waals surface area contributed by atoms with Crippen LogP contribution in [0.4, 0.5) is 4.39 Å². The lowest BCUT2D eigenvalue weighted by atomic mass is 9.88. The Kier molecular flexibility index (Phi) is 3.18. The van der Waals surface area contributed by atoms with Crippen LogP contribution in [0.3, 0.4) is 0 Å². The quantitative estimate of drug-likeness (QED) is 0.651. The third-order valence-corrected chi connectivity index (χ3v) is 3.61. The molecule has 1 aliphatic carbocycles. The Morgan fingerprint density at radius 2 is 2.06 bits per heavy atom. The highest BCUT2D eigenvalue weighted by molar-refractivity contribution is 6.32. The van der Waals surface area contributed by atoms with Gasteiger partial charge in [-0.25, -0.2) is 9.18 Å². The molecule has 1 aromatic carbocycles. The van der Waals surface area contributed by atoms with Crippen LogP contribution in [0.1, 0.15) is 31.2 Å². The number of isocyanates is 1. The normalized spacial score (nSPS) is 17.8. The first-order valence-electron chi connectivity index (χ1n) is 5.37. The SMILES string of the molecule is O=C=NC1(c2ccc(O)c(Cl)c2F)CCCC1. The zero-order chi connectivity index (χ0) is 12.5. The van der Waals surface area contributed by atoms with E-state index in [2.05, 4.69) is 4.99 Å².